The molecule has 95 heavy (non-hydrogen) atoms. The van der Waals surface area contributed by atoms with Crippen LogP contribution < -0.4 is 4.90 Å². The summed E-state index contributed by atoms with van der Waals surface area (Å²) in [4.78, 5) is 18.8. The van der Waals surface area contributed by atoms with Crippen molar-refractivity contribution >= 4 is 98.6 Å². The largest absolute Gasteiger partial charge is 0.331 e. The third-order valence-corrected chi connectivity index (χ3v) is 19.9. The maximum Gasteiger partial charge on any atom is 0.164 e. The molecule has 0 bridgehead atoms. The van der Waals surface area contributed by atoms with Gasteiger partial charge in [0.25, 0.3) is 0 Å². The van der Waals surface area contributed by atoms with Crippen molar-refractivity contribution in [2.24, 2.45) is 0 Å². The second-order valence-corrected chi connectivity index (χ2v) is 25.0. The van der Waals surface area contributed by atoms with Gasteiger partial charge in [-0.2, -0.15) is 0 Å². The third-order valence-electron chi connectivity index (χ3n) is 19.9. The Morgan fingerprint density at radius 2 is 0.674 bits per heavy atom. The number of hydrogen-bond donors (Lipinski definition) is 0. The van der Waals surface area contributed by atoms with E-state index in [0.29, 0.717) is 17.5 Å². The maximum absolute atomic E-state index is 5.49. The highest BCUT2D eigenvalue weighted by Crippen LogP contribution is 2.53. The number of allylic oxidation sites excluding steroid dienone is 2. The molecule has 8 heteroatoms. The summed E-state index contributed by atoms with van der Waals surface area (Å²) in [5.41, 5.74) is 21.7. The van der Waals surface area contributed by atoms with Crippen molar-refractivity contribution in [2.45, 2.75) is 12.0 Å². The van der Waals surface area contributed by atoms with Crippen LogP contribution in [0.5, 0.6) is 0 Å². The summed E-state index contributed by atoms with van der Waals surface area (Å²) in [6.45, 7) is 0. The van der Waals surface area contributed by atoms with Gasteiger partial charge >= 0.3 is 0 Å². The summed E-state index contributed by atoms with van der Waals surface area (Å²) in [6, 6.07) is 110. The highest BCUT2D eigenvalue weighted by Gasteiger charge is 2.40. The van der Waals surface area contributed by atoms with Crippen molar-refractivity contribution in [2.75, 3.05) is 4.90 Å². The van der Waals surface area contributed by atoms with Gasteiger partial charge < -0.3 is 23.2 Å². The molecule has 0 N–H and O–H groups in total. The zero-order valence-electron chi connectivity index (χ0n) is 51.4. The number of rotatable bonds is 9. The number of para-hydroxylation sites is 7. The van der Waals surface area contributed by atoms with Crippen LogP contribution in [0.3, 0.4) is 0 Å². The number of hydrogen-bond acceptors (Lipinski definition) is 4. The lowest BCUT2D eigenvalue weighted by Crippen LogP contribution is -2.30. The monoisotopic (exact) mass is 1210 g/mol. The average molecular weight is 1210 g/mol. The van der Waals surface area contributed by atoms with Gasteiger partial charge in [-0.25, -0.2) is 15.0 Å². The van der Waals surface area contributed by atoms with Gasteiger partial charge in [0, 0.05) is 82.8 Å². The highest BCUT2D eigenvalue weighted by atomic mass is 15.2. The van der Waals surface area contributed by atoms with Gasteiger partial charge in [-0.3, -0.25) is 0 Å². The Labute approximate surface area is 546 Å². The molecule has 0 fully saturated rings. The van der Waals surface area contributed by atoms with E-state index in [4.69, 9.17) is 15.0 Å². The van der Waals surface area contributed by atoms with E-state index in [2.05, 4.69) is 314 Å². The van der Waals surface area contributed by atoms with Gasteiger partial charge in [0.1, 0.15) is 0 Å². The van der Waals surface area contributed by atoms with Crippen LogP contribution in [0.2, 0.25) is 0 Å². The van der Waals surface area contributed by atoms with Crippen molar-refractivity contribution in [3.63, 3.8) is 0 Å². The summed E-state index contributed by atoms with van der Waals surface area (Å²) in [5.74, 6) is 1.89. The Morgan fingerprint density at radius 1 is 0.242 bits per heavy atom. The standard InChI is InChI=1S/C87H56N8/c1-4-24-55(25-5-1)85-88-86(56-26-6-2-7-27-56)90-87(89-85)59-52-82(93-74-39-19-10-30-62(74)63-31-11-20-40-75(63)93)84(83(53-59)94-76-41-21-12-32-64(76)65-33-13-22-42-77(65)94)95-78-43-23-14-34-66(78)69-47-44-58(51-81(69)95)57-45-48-79-70(50-57)67-35-15-18-38-73(67)92(79)61-46-49-80-71(54-61)68-36-16-17-37-72(68)91(80)60-28-8-3-9-29-60/h1-54,62,74H. The van der Waals surface area contributed by atoms with Crippen molar-refractivity contribution < 1.29 is 0 Å². The molecule has 444 valence electrons. The first-order valence-electron chi connectivity index (χ1n) is 32.6. The van der Waals surface area contributed by atoms with Crippen molar-refractivity contribution in [3.05, 3.63) is 333 Å². The summed E-state index contributed by atoms with van der Waals surface area (Å²) in [7, 11) is 0. The molecule has 0 saturated carbocycles. The molecule has 1 aliphatic heterocycles. The fraction of sp³-hybridized carbons (Fsp3) is 0.0230. The minimum Gasteiger partial charge on any atom is -0.331 e. The van der Waals surface area contributed by atoms with Crippen LogP contribution in [-0.4, -0.2) is 39.3 Å². The summed E-state index contributed by atoms with van der Waals surface area (Å²) < 4.78 is 9.90. The number of aromatic nitrogens is 7. The molecule has 0 amide bonds. The van der Waals surface area contributed by atoms with Crippen LogP contribution in [-0.2, 0) is 0 Å². The van der Waals surface area contributed by atoms with Crippen LogP contribution in [0.15, 0.2) is 328 Å². The van der Waals surface area contributed by atoms with Gasteiger partial charge in [-0.15, -0.1) is 0 Å². The van der Waals surface area contributed by atoms with Crippen molar-refractivity contribution in [1.29, 1.82) is 0 Å². The van der Waals surface area contributed by atoms with Crippen LogP contribution in [0, 0.1) is 0 Å². The first kappa shape index (κ1) is 53.1. The van der Waals surface area contributed by atoms with Gasteiger partial charge in [0.05, 0.1) is 67.2 Å². The smallest absolute Gasteiger partial charge is 0.164 e. The van der Waals surface area contributed by atoms with Gasteiger partial charge in [0.15, 0.2) is 17.5 Å². The second kappa shape index (κ2) is 20.9. The van der Waals surface area contributed by atoms with E-state index in [0.717, 1.165) is 106 Å². The number of fused-ring (bicyclic) bond motifs is 15. The Bertz CT molecular complexity index is 6130. The molecule has 20 rings (SSSR count). The zero-order chi connectivity index (χ0) is 62.2. The molecule has 13 aromatic carbocycles. The Hall–Kier alpha value is -12.7. The van der Waals surface area contributed by atoms with E-state index < -0.39 is 0 Å². The van der Waals surface area contributed by atoms with E-state index in [1.807, 2.05) is 36.4 Å². The molecule has 8 nitrogen and oxygen atoms in total. The SMILES string of the molecule is C1=CC2c3ccccc3N(c3cc(-c4nc(-c5ccccc5)nc(-c5ccccc5)n4)cc(-n4c5ccccc5c5ccccc54)c3-n3c4ccccc4c4ccc(-c5ccc6c(c5)c5ccccc5n6-c5ccc6c(c5)c5ccccc5n6-c5ccccc5)cc43)C2C=C1. The molecule has 2 aliphatic rings. The van der Waals surface area contributed by atoms with Crippen LogP contribution >= 0.6 is 0 Å². The zero-order valence-corrected chi connectivity index (χ0v) is 51.4. The molecule has 0 radical (unpaired) electrons. The van der Waals surface area contributed by atoms with Crippen molar-refractivity contribution in [1.82, 2.24) is 33.2 Å². The predicted molar refractivity (Wildman–Crippen MR) is 392 cm³/mol. The predicted octanol–water partition coefficient (Wildman–Crippen LogP) is 21.7. The van der Waals surface area contributed by atoms with E-state index in [1.54, 1.807) is 0 Å². The molecule has 6 heterocycles. The molecule has 0 saturated heterocycles. The van der Waals surface area contributed by atoms with Gasteiger partial charge in [-0.1, -0.05) is 231 Å². The number of nitrogens with zero attached hydrogens (tertiary/aromatic N) is 8. The molecule has 0 spiro atoms. The number of anilines is 2. The topological polar surface area (TPSA) is 61.6 Å². The Balaban J connectivity index is 0.856. The summed E-state index contributed by atoms with van der Waals surface area (Å²) >= 11 is 0. The third kappa shape index (κ3) is 8.11. The molecule has 18 aromatic rings. The first-order valence-corrected chi connectivity index (χ1v) is 32.6. The first-order chi connectivity index (χ1) is 47.1. The van der Waals surface area contributed by atoms with E-state index >= 15 is 0 Å². The summed E-state index contributed by atoms with van der Waals surface area (Å²) in [5, 5.41) is 9.50. The maximum atomic E-state index is 5.49. The highest BCUT2D eigenvalue weighted by molar-refractivity contribution is 6.16. The fourth-order valence-electron chi connectivity index (χ4n) is 15.8. The average Bonchev–Trinajstić information content (AvgIpc) is 1.58. The lowest BCUT2D eigenvalue weighted by Gasteiger charge is -2.33. The summed E-state index contributed by atoms with van der Waals surface area (Å²) in [6.07, 6.45) is 9.17. The van der Waals surface area contributed by atoms with Crippen LogP contribution in [0.25, 0.3) is 155 Å². The second-order valence-electron chi connectivity index (χ2n) is 25.0. The molecular formula is C87H56N8. The fourth-order valence-corrected chi connectivity index (χ4v) is 15.8. The van der Waals surface area contributed by atoms with Crippen LogP contribution in [0.1, 0.15) is 11.5 Å². The van der Waals surface area contributed by atoms with Crippen LogP contribution in [0.4, 0.5) is 11.4 Å². The lowest BCUT2D eigenvalue weighted by molar-refractivity contribution is 0.743. The van der Waals surface area contributed by atoms with Gasteiger partial charge in [0.2, 0.25) is 0 Å². The van der Waals surface area contributed by atoms with E-state index in [9.17, 15) is 0 Å². The minimum absolute atomic E-state index is 0.0513. The number of benzene rings is 13. The lowest BCUT2D eigenvalue weighted by atomic mass is 9.91. The quantitative estimate of drug-likeness (QED) is 0.144. The normalized spacial score (nSPS) is 14.4. The van der Waals surface area contributed by atoms with E-state index in [1.165, 1.54) is 48.9 Å². The molecule has 1 aliphatic carbocycles. The van der Waals surface area contributed by atoms with Crippen molar-refractivity contribution in [3.8, 4) is 68.0 Å². The Morgan fingerprint density at radius 3 is 1.29 bits per heavy atom. The minimum atomic E-state index is -0.0513. The molecular weight excluding hydrogens is 1160 g/mol. The molecule has 2 unspecified atom stereocenters. The Kier molecular flexibility index (Phi) is 11.7. The molecule has 5 aromatic heterocycles. The van der Waals surface area contributed by atoms with E-state index in [-0.39, 0.29) is 12.0 Å². The molecule has 2 atom stereocenters. The van der Waals surface area contributed by atoms with Gasteiger partial charge in [-0.05, 0) is 114 Å².